The normalized spacial score (nSPS) is 26.6. The van der Waals surface area contributed by atoms with Gasteiger partial charge in [0, 0.05) is 12.3 Å². The van der Waals surface area contributed by atoms with Crippen molar-refractivity contribution in [1.82, 2.24) is 10.3 Å². The molecule has 0 radical (unpaired) electrons. The molecule has 1 amide bonds. The third-order valence-corrected chi connectivity index (χ3v) is 4.04. The van der Waals surface area contributed by atoms with E-state index in [1.807, 2.05) is 0 Å². The number of hydrogen-bond donors (Lipinski definition) is 2. The van der Waals surface area contributed by atoms with Gasteiger partial charge in [-0.3, -0.25) is 9.59 Å². The zero-order valence-electron chi connectivity index (χ0n) is 15.0. The number of amides is 1. The van der Waals surface area contributed by atoms with Gasteiger partial charge in [0.1, 0.15) is 6.10 Å². The van der Waals surface area contributed by atoms with Crippen LogP contribution in [0.4, 0.5) is 0 Å². The Kier molecular flexibility index (Phi) is 6.01. The van der Waals surface area contributed by atoms with Crippen LogP contribution in [0.25, 0.3) is 0 Å². The van der Waals surface area contributed by atoms with Crippen LogP contribution in [0, 0.1) is 5.92 Å². The maximum Gasteiger partial charge on any atom is 0.332 e. The fourth-order valence-corrected chi connectivity index (χ4v) is 2.63. The number of cyclic esters (lactones) is 2. The number of methoxy groups -OCH3 is 1. The first-order valence-corrected chi connectivity index (χ1v) is 8.18. The largest absolute Gasteiger partial charge is 0.503 e. The van der Waals surface area contributed by atoms with Crippen molar-refractivity contribution in [1.29, 1.82) is 0 Å². The zero-order chi connectivity index (χ0) is 19.4. The van der Waals surface area contributed by atoms with E-state index in [2.05, 4.69) is 10.3 Å². The van der Waals surface area contributed by atoms with Crippen LogP contribution < -0.4 is 10.1 Å². The van der Waals surface area contributed by atoms with Crippen molar-refractivity contribution in [3.05, 3.63) is 18.0 Å². The first-order chi connectivity index (χ1) is 12.2. The Hall–Kier alpha value is -2.84. The summed E-state index contributed by atoms with van der Waals surface area (Å²) in [5.74, 6) is -2.89. The SMILES string of the molecule is COc1ccnc(C(=O)NC2C(=O)OC(C)CC(C)C(=O)OC2C)c1O. The van der Waals surface area contributed by atoms with E-state index in [-0.39, 0.29) is 11.4 Å². The zero-order valence-corrected chi connectivity index (χ0v) is 15.0. The summed E-state index contributed by atoms with van der Waals surface area (Å²) in [6, 6.07) is 0.139. The highest BCUT2D eigenvalue weighted by atomic mass is 16.6. The fourth-order valence-electron chi connectivity index (χ4n) is 2.63. The van der Waals surface area contributed by atoms with Crippen molar-refractivity contribution < 1.29 is 33.7 Å². The molecule has 142 valence electrons. The summed E-state index contributed by atoms with van der Waals surface area (Å²) in [7, 11) is 1.33. The van der Waals surface area contributed by atoms with Gasteiger partial charge in [0.25, 0.3) is 5.91 Å². The van der Waals surface area contributed by atoms with Crippen LogP contribution in [0.15, 0.2) is 12.3 Å². The summed E-state index contributed by atoms with van der Waals surface area (Å²) in [6.07, 6.45) is 0.121. The second-order valence-electron chi connectivity index (χ2n) is 6.19. The van der Waals surface area contributed by atoms with Crippen molar-refractivity contribution in [2.24, 2.45) is 5.92 Å². The summed E-state index contributed by atoms with van der Waals surface area (Å²) in [5, 5.41) is 12.4. The molecule has 9 heteroatoms. The second kappa shape index (κ2) is 8.03. The molecule has 1 aromatic heterocycles. The van der Waals surface area contributed by atoms with Gasteiger partial charge >= 0.3 is 11.9 Å². The van der Waals surface area contributed by atoms with Gasteiger partial charge in [0.05, 0.1) is 19.1 Å². The first-order valence-electron chi connectivity index (χ1n) is 8.18. The molecular weight excluding hydrogens is 344 g/mol. The van der Waals surface area contributed by atoms with Gasteiger partial charge in [-0.2, -0.15) is 0 Å². The maximum absolute atomic E-state index is 12.5. The van der Waals surface area contributed by atoms with Crippen LogP contribution in [0.3, 0.4) is 0 Å². The Bertz CT molecular complexity index is 706. The predicted octanol–water partition coefficient (Wildman–Crippen LogP) is 0.797. The summed E-state index contributed by atoms with van der Waals surface area (Å²) >= 11 is 0. The lowest BCUT2D eigenvalue weighted by molar-refractivity contribution is -0.157. The minimum absolute atomic E-state index is 0.0594. The molecular formula is C17H22N2O7. The van der Waals surface area contributed by atoms with Gasteiger partial charge in [-0.25, -0.2) is 9.78 Å². The lowest BCUT2D eigenvalue weighted by Gasteiger charge is -2.23. The van der Waals surface area contributed by atoms with Crippen LogP contribution >= 0.6 is 0 Å². The average Bonchev–Trinajstić information content (AvgIpc) is 2.61. The molecule has 0 aromatic carbocycles. The van der Waals surface area contributed by atoms with Crippen molar-refractivity contribution in [3.8, 4) is 11.5 Å². The topological polar surface area (TPSA) is 124 Å². The number of rotatable bonds is 3. The summed E-state index contributed by atoms with van der Waals surface area (Å²) in [6.45, 7) is 4.81. The Morgan fingerprint density at radius 2 is 1.96 bits per heavy atom. The Morgan fingerprint density at radius 3 is 2.62 bits per heavy atom. The highest BCUT2D eigenvalue weighted by molar-refractivity contribution is 5.98. The van der Waals surface area contributed by atoms with Gasteiger partial charge in [-0.15, -0.1) is 0 Å². The summed E-state index contributed by atoms with van der Waals surface area (Å²) < 4.78 is 15.5. The highest BCUT2D eigenvalue weighted by Crippen LogP contribution is 2.27. The lowest BCUT2D eigenvalue weighted by Crippen LogP contribution is -2.50. The number of aromatic nitrogens is 1. The molecule has 1 aromatic rings. The van der Waals surface area contributed by atoms with Gasteiger partial charge in [0.2, 0.25) is 0 Å². The molecule has 2 rings (SSSR count). The minimum atomic E-state index is -1.24. The van der Waals surface area contributed by atoms with E-state index in [1.165, 1.54) is 26.3 Å². The lowest BCUT2D eigenvalue weighted by atomic mass is 10.1. The molecule has 1 saturated heterocycles. The van der Waals surface area contributed by atoms with Crippen molar-refractivity contribution in [2.75, 3.05) is 7.11 Å². The Morgan fingerprint density at radius 1 is 1.27 bits per heavy atom. The van der Waals surface area contributed by atoms with E-state index in [4.69, 9.17) is 14.2 Å². The molecule has 1 aliphatic heterocycles. The molecule has 0 saturated carbocycles. The number of carbonyl (C=O) groups is 3. The monoisotopic (exact) mass is 366 g/mol. The fraction of sp³-hybridized carbons (Fsp3) is 0.529. The van der Waals surface area contributed by atoms with E-state index in [0.717, 1.165) is 0 Å². The number of esters is 2. The first kappa shape index (κ1) is 19.5. The van der Waals surface area contributed by atoms with Crippen LogP contribution in [0.5, 0.6) is 11.5 Å². The third kappa shape index (κ3) is 4.22. The van der Waals surface area contributed by atoms with Crippen LogP contribution in [-0.4, -0.2) is 53.3 Å². The van der Waals surface area contributed by atoms with Crippen molar-refractivity contribution in [2.45, 2.75) is 45.4 Å². The van der Waals surface area contributed by atoms with Crippen LogP contribution in [-0.2, 0) is 19.1 Å². The van der Waals surface area contributed by atoms with Gasteiger partial charge in [-0.1, -0.05) is 6.92 Å². The number of nitrogens with one attached hydrogen (secondary N) is 1. The second-order valence-corrected chi connectivity index (χ2v) is 6.19. The Labute approximate surface area is 150 Å². The van der Waals surface area contributed by atoms with E-state index in [0.29, 0.717) is 6.42 Å². The van der Waals surface area contributed by atoms with Gasteiger partial charge in [-0.05, 0) is 20.3 Å². The molecule has 26 heavy (non-hydrogen) atoms. The van der Waals surface area contributed by atoms with Crippen molar-refractivity contribution in [3.63, 3.8) is 0 Å². The quantitative estimate of drug-likeness (QED) is 0.753. The van der Waals surface area contributed by atoms with E-state index < -0.39 is 47.8 Å². The number of carbonyl (C=O) groups excluding carboxylic acids is 3. The van der Waals surface area contributed by atoms with E-state index >= 15 is 0 Å². The predicted molar refractivity (Wildman–Crippen MR) is 88.6 cm³/mol. The number of aromatic hydroxyl groups is 1. The average molecular weight is 366 g/mol. The van der Waals surface area contributed by atoms with Crippen molar-refractivity contribution >= 4 is 17.8 Å². The van der Waals surface area contributed by atoms with Crippen LogP contribution in [0.2, 0.25) is 0 Å². The maximum atomic E-state index is 12.5. The standard InChI is InChI=1S/C17H22N2O7/c1-8-7-9(2)25-17(23)12(10(3)26-16(8)22)19-15(21)13-14(20)11(24-4)5-6-18-13/h5-6,8-10,12,20H,7H2,1-4H3,(H,19,21). The minimum Gasteiger partial charge on any atom is -0.503 e. The highest BCUT2D eigenvalue weighted by Gasteiger charge is 2.36. The summed E-state index contributed by atoms with van der Waals surface area (Å²) in [5.41, 5.74) is -0.322. The molecule has 0 spiro atoms. The number of nitrogens with zero attached hydrogens (tertiary/aromatic N) is 1. The van der Waals surface area contributed by atoms with Crippen LogP contribution in [0.1, 0.15) is 37.7 Å². The molecule has 4 unspecified atom stereocenters. The van der Waals surface area contributed by atoms with Gasteiger partial charge in [0.15, 0.2) is 23.2 Å². The molecule has 4 atom stereocenters. The molecule has 9 nitrogen and oxygen atoms in total. The summed E-state index contributed by atoms with van der Waals surface area (Å²) in [4.78, 5) is 40.7. The Balaban J connectivity index is 2.25. The molecule has 1 aliphatic rings. The smallest absolute Gasteiger partial charge is 0.332 e. The molecule has 0 bridgehead atoms. The van der Waals surface area contributed by atoms with E-state index in [9.17, 15) is 19.5 Å². The number of ether oxygens (including phenoxy) is 3. The molecule has 2 heterocycles. The molecule has 2 N–H and O–H groups in total. The number of pyridine rings is 1. The number of hydrogen-bond acceptors (Lipinski definition) is 8. The molecule has 0 aliphatic carbocycles. The third-order valence-electron chi connectivity index (χ3n) is 4.04. The van der Waals surface area contributed by atoms with Gasteiger partial charge < -0.3 is 24.6 Å². The molecule has 1 fully saturated rings. The van der Waals surface area contributed by atoms with E-state index in [1.54, 1.807) is 13.8 Å².